The summed E-state index contributed by atoms with van der Waals surface area (Å²) in [6.45, 7) is 3.30. The molecule has 8 heteroatoms. The number of benzene rings is 1. The molecule has 0 radical (unpaired) electrons. The van der Waals surface area contributed by atoms with E-state index in [1.807, 2.05) is 13.0 Å². The maximum absolute atomic E-state index is 12.1. The first kappa shape index (κ1) is 16.6. The molecule has 0 spiro atoms. The van der Waals surface area contributed by atoms with Gasteiger partial charge in [0.25, 0.3) is 0 Å². The highest BCUT2D eigenvalue weighted by Crippen LogP contribution is 2.26. The van der Waals surface area contributed by atoms with E-state index >= 15 is 0 Å². The Labute approximate surface area is 135 Å². The quantitative estimate of drug-likeness (QED) is 0.828. The number of hydrogen-bond donors (Lipinski definition) is 2. The topological polar surface area (TPSA) is 78.5 Å². The van der Waals surface area contributed by atoms with Gasteiger partial charge >= 0.3 is 6.03 Å². The van der Waals surface area contributed by atoms with Crippen LogP contribution in [0.1, 0.15) is 13.3 Å². The molecular formula is C14H18ClN3O3S. The molecular weight excluding hydrogens is 326 g/mol. The van der Waals surface area contributed by atoms with Crippen molar-refractivity contribution in [2.75, 3.05) is 29.4 Å². The predicted octanol–water partition coefficient (Wildman–Crippen LogP) is 2.90. The van der Waals surface area contributed by atoms with E-state index < -0.39 is 10.0 Å². The molecule has 0 atom stereocenters. The lowest BCUT2D eigenvalue weighted by Crippen LogP contribution is -2.37. The number of halogens is 1. The summed E-state index contributed by atoms with van der Waals surface area (Å²) < 4.78 is 24.7. The zero-order valence-corrected chi connectivity index (χ0v) is 14.0. The molecule has 2 rings (SSSR count). The Hall–Kier alpha value is -1.73. The van der Waals surface area contributed by atoms with Gasteiger partial charge in [-0.15, -0.1) is 0 Å². The van der Waals surface area contributed by atoms with Gasteiger partial charge in [-0.25, -0.2) is 13.2 Å². The van der Waals surface area contributed by atoms with E-state index in [0.717, 1.165) is 12.7 Å². The number of anilines is 2. The molecule has 6 nitrogen and oxygen atoms in total. The van der Waals surface area contributed by atoms with Gasteiger partial charge in [0.05, 0.1) is 17.0 Å². The lowest BCUT2D eigenvalue weighted by atomic mass is 10.1. The molecule has 1 aliphatic heterocycles. The summed E-state index contributed by atoms with van der Waals surface area (Å²) in [7, 11) is -3.39. The van der Waals surface area contributed by atoms with Crippen molar-refractivity contribution in [2.24, 2.45) is 0 Å². The largest absolute Gasteiger partial charge is 0.322 e. The fourth-order valence-electron chi connectivity index (χ4n) is 2.03. The van der Waals surface area contributed by atoms with Crippen molar-refractivity contribution >= 4 is 39.0 Å². The van der Waals surface area contributed by atoms with Gasteiger partial charge in [-0.2, -0.15) is 0 Å². The van der Waals surface area contributed by atoms with Crippen LogP contribution in [0.2, 0.25) is 5.02 Å². The van der Waals surface area contributed by atoms with Crippen LogP contribution in [0.5, 0.6) is 0 Å². The van der Waals surface area contributed by atoms with Crippen LogP contribution in [0.15, 0.2) is 29.8 Å². The smallest absolute Gasteiger partial charge is 0.320 e. The predicted molar refractivity (Wildman–Crippen MR) is 88.9 cm³/mol. The van der Waals surface area contributed by atoms with Crippen molar-refractivity contribution in [1.82, 2.24) is 4.90 Å². The van der Waals surface area contributed by atoms with Gasteiger partial charge in [0.1, 0.15) is 0 Å². The number of sulfonamides is 1. The van der Waals surface area contributed by atoms with E-state index in [2.05, 4.69) is 10.0 Å². The van der Waals surface area contributed by atoms with Crippen molar-refractivity contribution in [3.05, 3.63) is 34.9 Å². The Morgan fingerprint density at radius 2 is 2.09 bits per heavy atom. The fraction of sp³-hybridized carbons (Fsp3) is 0.357. The number of rotatable bonds is 3. The second-order valence-corrected chi connectivity index (χ2v) is 7.40. The Bertz CT molecular complexity index is 716. The Morgan fingerprint density at radius 1 is 1.36 bits per heavy atom. The molecule has 0 saturated carbocycles. The van der Waals surface area contributed by atoms with Gasteiger partial charge in [0.15, 0.2) is 0 Å². The van der Waals surface area contributed by atoms with Gasteiger partial charge in [-0.05, 0) is 31.5 Å². The third kappa shape index (κ3) is 4.64. The summed E-state index contributed by atoms with van der Waals surface area (Å²) in [4.78, 5) is 13.8. The number of amides is 2. The second kappa shape index (κ2) is 6.58. The SMILES string of the molecule is CC1=CCN(C(=O)Nc2ccc(NS(C)(=O)=O)c(Cl)c2)CC1. The molecule has 1 aromatic rings. The average molecular weight is 344 g/mol. The molecule has 1 aromatic carbocycles. The summed E-state index contributed by atoms with van der Waals surface area (Å²) in [6.07, 6.45) is 3.94. The van der Waals surface area contributed by atoms with Crippen molar-refractivity contribution in [3.8, 4) is 0 Å². The summed E-state index contributed by atoms with van der Waals surface area (Å²) in [5.74, 6) is 0. The number of urea groups is 1. The zero-order valence-electron chi connectivity index (χ0n) is 12.4. The van der Waals surface area contributed by atoms with Gasteiger partial charge < -0.3 is 10.2 Å². The van der Waals surface area contributed by atoms with E-state index in [1.165, 1.54) is 17.7 Å². The van der Waals surface area contributed by atoms with Crippen molar-refractivity contribution in [2.45, 2.75) is 13.3 Å². The highest BCUT2D eigenvalue weighted by Gasteiger charge is 2.16. The highest BCUT2D eigenvalue weighted by atomic mass is 35.5. The maximum Gasteiger partial charge on any atom is 0.322 e. The molecule has 0 aliphatic carbocycles. The molecule has 0 unspecified atom stereocenters. The molecule has 0 aromatic heterocycles. The van der Waals surface area contributed by atoms with Crippen molar-refractivity contribution in [1.29, 1.82) is 0 Å². The Morgan fingerprint density at radius 3 is 2.64 bits per heavy atom. The van der Waals surface area contributed by atoms with Crippen molar-refractivity contribution < 1.29 is 13.2 Å². The van der Waals surface area contributed by atoms with Crippen molar-refractivity contribution in [3.63, 3.8) is 0 Å². The Balaban J connectivity index is 2.05. The summed E-state index contributed by atoms with van der Waals surface area (Å²) in [5, 5.41) is 2.97. The van der Waals surface area contributed by atoms with E-state index in [-0.39, 0.29) is 16.7 Å². The molecule has 2 N–H and O–H groups in total. The summed E-state index contributed by atoms with van der Waals surface area (Å²) >= 11 is 6.02. The van der Waals surface area contributed by atoms with Gasteiger partial charge in [-0.1, -0.05) is 23.3 Å². The van der Waals surface area contributed by atoms with Crippen LogP contribution < -0.4 is 10.0 Å². The minimum absolute atomic E-state index is 0.205. The highest BCUT2D eigenvalue weighted by molar-refractivity contribution is 7.92. The van der Waals surface area contributed by atoms with Crippen LogP contribution in [-0.4, -0.2) is 38.7 Å². The molecule has 2 amide bonds. The van der Waals surface area contributed by atoms with Crippen LogP contribution in [-0.2, 0) is 10.0 Å². The van der Waals surface area contributed by atoms with Crippen LogP contribution in [0, 0.1) is 0 Å². The first-order valence-corrected chi connectivity index (χ1v) is 9.00. The van der Waals surface area contributed by atoms with Gasteiger partial charge in [-0.3, -0.25) is 4.72 Å². The lowest BCUT2D eigenvalue weighted by Gasteiger charge is -2.25. The van der Waals surface area contributed by atoms with E-state index in [0.29, 0.717) is 18.8 Å². The molecule has 0 saturated heterocycles. The number of nitrogens with one attached hydrogen (secondary N) is 2. The molecule has 120 valence electrons. The first-order valence-electron chi connectivity index (χ1n) is 6.73. The van der Waals surface area contributed by atoms with E-state index in [4.69, 9.17) is 11.6 Å². The molecule has 0 bridgehead atoms. The maximum atomic E-state index is 12.1. The number of nitrogens with zero attached hydrogens (tertiary/aromatic N) is 1. The summed E-state index contributed by atoms with van der Waals surface area (Å²) in [6, 6.07) is 4.42. The fourth-order valence-corrected chi connectivity index (χ4v) is 2.89. The third-order valence-electron chi connectivity index (χ3n) is 3.24. The summed E-state index contributed by atoms with van der Waals surface area (Å²) in [5.41, 5.74) is 2.07. The second-order valence-electron chi connectivity index (χ2n) is 5.25. The molecule has 22 heavy (non-hydrogen) atoms. The van der Waals surface area contributed by atoms with E-state index in [9.17, 15) is 13.2 Å². The zero-order chi connectivity index (χ0) is 16.3. The molecule has 0 fully saturated rings. The normalized spacial score (nSPS) is 15.2. The first-order chi connectivity index (χ1) is 10.2. The Kier molecular flexibility index (Phi) is 4.97. The van der Waals surface area contributed by atoms with Gasteiger partial charge in [0, 0.05) is 18.8 Å². The minimum Gasteiger partial charge on any atom is -0.320 e. The van der Waals surface area contributed by atoms with E-state index in [1.54, 1.807) is 11.0 Å². The van der Waals surface area contributed by atoms with Crippen LogP contribution >= 0.6 is 11.6 Å². The molecule has 1 heterocycles. The van der Waals surface area contributed by atoms with Crippen LogP contribution in [0.4, 0.5) is 16.2 Å². The van der Waals surface area contributed by atoms with Gasteiger partial charge in [0.2, 0.25) is 10.0 Å². The monoisotopic (exact) mass is 343 g/mol. The average Bonchev–Trinajstić information content (AvgIpc) is 2.41. The number of carbonyl (C=O) groups is 1. The standard InChI is InChI=1S/C14H18ClN3O3S/c1-10-5-7-18(8-6-10)14(19)16-11-3-4-13(12(15)9-11)17-22(2,20)21/h3-5,9,17H,6-8H2,1-2H3,(H,16,19). The lowest BCUT2D eigenvalue weighted by molar-refractivity contribution is 0.215. The number of carbonyl (C=O) groups excluding carboxylic acids is 1. The van der Waals surface area contributed by atoms with Crippen LogP contribution in [0.3, 0.4) is 0 Å². The molecule has 1 aliphatic rings. The third-order valence-corrected chi connectivity index (χ3v) is 4.14. The number of hydrogen-bond acceptors (Lipinski definition) is 3. The van der Waals surface area contributed by atoms with Crippen LogP contribution in [0.25, 0.3) is 0 Å². The minimum atomic E-state index is -3.39.